The predicted molar refractivity (Wildman–Crippen MR) is 79.8 cm³/mol. The number of nitrogens with zero attached hydrogens (tertiary/aromatic N) is 1. The highest BCUT2D eigenvalue weighted by Gasteiger charge is 2.06. The van der Waals surface area contributed by atoms with Crippen LogP contribution in [0, 0.1) is 6.92 Å². The lowest BCUT2D eigenvalue weighted by atomic mass is 10.2. The van der Waals surface area contributed by atoms with Crippen LogP contribution in [0.4, 0.5) is 0 Å². The Hall–Kier alpha value is -1.39. The van der Waals surface area contributed by atoms with E-state index in [0.717, 1.165) is 30.0 Å². The van der Waals surface area contributed by atoms with E-state index in [1.54, 1.807) is 11.3 Å². The first-order chi connectivity index (χ1) is 9.22. The van der Waals surface area contributed by atoms with Crippen molar-refractivity contribution in [1.29, 1.82) is 0 Å². The fourth-order valence-electron chi connectivity index (χ4n) is 1.88. The molecule has 2 heterocycles. The van der Waals surface area contributed by atoms with E-state index < -0.39 is 0 Å². The van der Waals surface area contributed by atoms with Crippen molar-refractivity contribution in [3.05, 3.63) is 45.4 Å². The number of hydrogen-bond donors (Lipinski definition) is 1. The van der Waals surface area contributed by atoms with Crippen molar-refractivity contribution < 1.29 is 4.74 Å². The molecule has 0 saturated carbocycles. The number of rotatable bonds is 6. The van der Waals surface area contributed by atoms with Crippen LogP contribution in [-0.2, 0) is 19.4 Å². The average Bonchev–Trinajstić information content (AvgIpc) is 2.86. The largest absolute Gasteiger partial charge is 0.486 e. The fraction of sp³-hybridized carbons (Fsp3) is 0.400. The van der Waals surface area contributed by atoms with E-state index in [-0.39, 0.29) is 0 Å². The van der Waals surface area contributed by atoms with E-state index in [1.165, 1.54) is 9.75 Å². The van der Waals surface area contributed by atoms with Crippen LogP contribution in [0.5, 0.6) is 5.75 Å². The van der Waals surface area contributed by atoms with Crippen LogP contribution in [-0.4, -0.2) is 11.5 Å². The number of aromatic nitrogens is 1. The summed E-state index contributed by atoms with van der Waals surface area (Å²) in [4.78, 5) is 7.13. The summed E-state index contributed by atoms with van der Waals surface area (Å²) in [6.07, 6.45) is 1.83. The molecule has 0 aliphatic rings. The molecule has 3 nitrogen and oxygen atoms in total. The average molecular weight is 276 g/mol. The van der Waals surface area contributed by atoms with E-state index in [0.29, 0.717) is 13.2 Å². The molecule has 19 heavy (non-hydrogen) atoms. The minimum atomic E-state index is 0.589. The quantitative estimate of drug-likeness (QED) is 0.882. The van der Waals surface area contributed by atoms with Gasteiger partial charge in [0.15, 0.2) is 0 Å². The Labute approximate surface area is 118 Å². The third-order valence-corrected chi connectivity index (χ3v) is 4.09. The van der Waals surface area contributed by atoms with Gasteiger partial charge < -0.3 is 10.5 Å². The van der Waals surface area contributed by atoms with Crippen LogP contribution in [0.15, 0.2) is 24.3 Å². The zero-order valence-electron chi connectivity index (χ0n) is 11.5. The molecule has 2 aromatic rings. The summed E-state index contributed by atoms with van der Waals surface area (Å²) in [6, 6.07) is 8.26. The Bertz CT molecular complexity index is 537. The Kier molecular flexibility index (Phi) is 4.93. The van der Waals surface area contributed by atoms with E-state index in [9.17, 15) is 0 Å². The molecule has 0 saturated heterocycles. The second kappa shape index (κ2) is 6.68. The number of hydrogen-bond acceptors (Lipinski definition) is 4. The monoisotopic (exact) mass is 276 g/mol. The van der Waals surface area contributed by atoms with Gasteiger partial charge in [-0.3, -0.25) is 4.98 Å². The summed E-state index contributed by atoms with van der Waals surface area (Å²) in [5.74, 6) is 0.850. The maximum Gasteiger partial charge on any atom is 0.141 e. The maximum absolute atomic E-state index is 5.88. The first-order valence-electron chi connectivity index (χ1n) is 6.60. The van der Waals surface area contributed by atoms with Gasteiger partial charge in [0.2, 0.25) is 0 Å². The van der Waals surface area contributed by atoms with Gasteiger partial charge in [-0.15, -0.1) is 11.3 Å². The van der Waals surface area contributed by atoms with E-state index in [4.69, 9.17) is 10.5 Å². The topological polar surface area (TPSA) is 48.1 Å². The minimum Gasteiger partial charge on any atom is -0.486 e. The third-order valence-electron chi connectivity index (χ3n) is 2.89. The highest BCUT2D eigenvalue weighted by Crippen LogP contribution is 2.22. The summed E-state index contributed by atoms with van der Waals surface area (Å²) >= 11 is 1.80. The van der Waals surface area contributed by atoms with Gasteiger partial charge in [-0.2, -0.15) is 0 Å². The zero-order valence-corrected chi connectivity index (χ0v) is 12.3. The number of ether oxygens (including phenoxy) is 1. The molecule has 0 fully saturated rings. The molecule has 0 spiro atoms. The van der Waals surface area contributed by atoms with Crippen LogP contribution in [0.2, 0.25) is 0 Å². The van der Waals surface area contributed by atoms with Crippen molar-refractivity contribution in [2.24, 2.45) is 5.73 Å². The summed E-state index contributed by atoms with van der Waals surface area (Å²) in [5.41, 5.74) is 7.57. The molecule has 0 aliphatic carbocycles. The highest BCUT2D eigenvalue weighted by atomic mass is 32.1. The van der Waals surface area contributed by atoms with Crippen LogP contribution in [0.3, 0.4) is 0 Å². The lowest BCUT2D eigenvalue weighted by molar-refractivity contribution is 0.304. The molecule has 2 rings (SSSR count). The molecule has 4 heteroatoms. The van der Waals surface area contributed by atoms with Crippen LogP contribution >= 0.6 is 11.3 Å². The van der Waals surface area contributed by atoms with E-state index in [1.807, 2.05) is 19.1 Å². The fourth-order valence-corrected chi connectivity index (χ4v) is 2.75. The Morgan fingerprint density at radius 2 is 2.00 bits per heavy atom. The highest BCUT2D eigenvalue weighted by molar-refractivity contribution is 7.11. The van der Waals surface area contributed by atoms with Gasteiger partial charge in [-0.25, -0.2) is 0 Å². The van der Waals surface area contributed by atoms with Crippen LogP contribution < -0.4 is 10.5 Å². The van der Waals surface area contributed by atoms with Crippen molar-refractivity contribution in [3.8, 4) is 5.75 Å². The molecule has 0 atom stereocenters. The smallest absolute Gasteiger partial charge is 0.141 e. The Morgan fingerprint density at radius 1 is 1.21 bits per heavy atom. The Balaban J connectivity index is 2.05. The SMILES string of the molecule is CCc1ccc(COc2ccc(C)nc2CCN)s1. The molecule has 2 aromatic heterocycles. The number of aryl methyl sites for hydroxylation is 2. The third kappa shape index (κ3) is 3.78. The molecule has 0 radical (unpaired) electrons. The lowest BCUT2D eigenvalue weighted by Gasteiger charge is -2.10. The number of nitrogens with two attached hydrogens (primary N) is 1. The van der Waals surface area contributed by atoms with Crippen LogP contribution in [0.1, 0.15) is 28.1 Å². The van der Waals surface area contributed by atoms with E-state index in [2.05, 4.69) is 24.0 Å². The van der Waals surface area contributed by atoms with Crippen molar-refractivity contribution in [2.45, 2.75) is 33.3 Å². The summed E-state index contributed by atoms with van der Waals surface area (Å²) in [5, 5.41) is 0. The van der Waals surface area contributed by atoms with E-state index >= 15 is 0 Å². The molecule has 0 aliphatic heterocycles. The predicted octanol–water partition coefficient (Wildman–Crippen LogP) is 3.09. The second-order valence-electron chi connectivity index (χ2n) is 4.45. The summed E-state index contributed by atoms with van der Waals surface area (Å²) < 4.78 is 5.88. The number of thiophene rings is 1. The molecule has 102 valence electrons. The van der Waals surface area contributed by atoms with Gasteiger partial charge in [0.25, 0.3) is 0 Å². The van der Waals surface area contributed by atoms with Gasteiger partial charge in [0.05, 0.1) is 5.69 Å². The van der Waals surface area contributed by atoms with Gasteiger partial charge in [0.1, 0.15) is 12.4 Å². The van der Waals surface area contributed by atoms with Gasteiger partial charge in [-0.1, -0.05) is 6.92 Å². The first-order valence-corrected chi connectivity index (χ1v) is 7.41. The molecule has 2 N–H and O–H groups in total. The maximum atomic E-state index is 5.88. The normalized spacial score (nSPS) is 10.7. The van der Waals surface area contributed by atoms with Gasteiger partial charge in [0, 0.05) is 21.9 Å². The van der Waals surface area contributed by atoms with Crippen molar-refractivity contribution in [2.75, 3.05) is 6.54 Å². The number of pyridine rings is 1. The van der Waals surface area contributed by atoms with Crippen molar-refractivity contribution >= 4 is 11.3 Å². The molecule has 0 amide bonds. The molecule has 0 aromatic carbocycles. The molecule has 0 bridgehead atoms. The van der Waals surface area contributed by atoms with Crippen molar-refractivity contribution in [1.82, 2.24) is 4.98 Å². The Morgan fingerprint density at radius 3 is 2.68 bits per heavy atom. The zero-order chi connectivity index (χ0) is 13.7. The minimum absolute atomic E-state index is 0.589. The summed E-state index contributed by atoms with van der Waals surface area (Å²) in [7, 11) is 0. The van der Waals surface area contributed by atoms with Crippen molar-refractivity contribution in [3.63, 3.8) is 0 Å². The standard InChI is InChI=1S/C15H20N2OS/c1-3-12-5-6-13(19-12)10-18-15-7-4-11(2)17-14(15)8-9-16/h4-7H,3,8-10,16H2,1-2H3. The van der Waals surface area contributed by atoms with Gasteiger partial charge in [-0.05, 0) is 44.2 Å². The molecule has 0 unspecified atom stereocenters. The van der Waals surface area contributed by atoms with Gasteiger partial charge >= 0.3 is 0 Å². The van der Waals surface area contributed by atoms with Crippen LogP contribution in [0.25, 0.3) is 0 Å². The first kappa shape index (κ1) is 14.0. The lowest BCUT2D eigenvalue weighted by Crippen LogP contribution is -2.07. The summed E-state index contributed by atoms with van der Waals surface area (Å²) in [6.45, 7) is 5.34. The second-order valence-corrected chi connectivity index (χ2v) is 5.70. The molecular formula is C15H20N2OS. The molecular weight excluding hydrogens is 256 g/mol.